The van der Waals surface area contributed by atoms with Crippen LogP contribution in [0.15, 0.2) is 12.4 Å². The van der Waals surface area contributed by atoms with E-state index in [1.54, 1.807) is 17.7 Å². The number of carboxylic acid groups (broad SMARTS) is 1. The van der Waals surface area contributed by atoms with Gasteiger partial charge in [-0.05, 0) is 25.3 Å². The molecule has 2 aromatic heterocycles. The van der Waals surface area contributed by atoms with E-state index in [1.807, 2.05) is 4.90 Å². The second-order valence-electron chi connectivity index (χ2n) is 7.34. The average Bonchev–Trinajstić information content (AvgIpc) is 3.17. The van der Waals surface area contributed by atoms with Gasteiger partial charge in [-0.1, -0.05) is 6.92 Å². The molecule has 2 amide bonds. The van der Waals surface area contributed by atoms with Gasteiger partial charge in [-0.3, -0.25) is 4.79 Å². The number of carbonyl (C=O) groups excluding carboxylic acids is 1. The summed E-state index contributed by atoms with van der Waals surface area (Å²) < 4.78 is 0. The minimum Gasteiger partial charge on any atom is -0.465 e. The van der Waals surface area contributed by atoms with Crippen LogP contribution in [0.3, 0.4) is 0 Å². The van der Waals surface area contributed by atoms with Gasteiger partial charge in [-0.2, -0.15) is 0 Å². The molecular formula is C19H25N5O3S. The number of hydrogen-bond donors (Lipinski definition) is 1. The fraction of sp³-hybridized carbons (Fsp3) is 0.579. The lowest BCUT2D eigenvalue weighted by Gasteiger charge is -2.38. The van der Waals surface area contributed by atoms with Crippen molar-refractivity contribution in [3.05, 3.63) is 17.3 Å². The average molecular weight is 404 g/mol. The Morgan fingerprint density at radius 1 is 1.11 bits per heavy atom. The molecule has 8 nitrogen and oxygen atoms in total. The van der Waals surface area contributed by atoms with Crippen molar-refractivity contribution in [2.45, 2.75) is 26.2 Å². The Hall–Kier alpha value is -2.42. The minimum atomic E-state index is -0.893. The molecule has 0 spiro atoms. The number of nitrogens with zero attached hydrogens (tertiary/aromatic N) is 5. The molecular weight excluding hydrogens is 378 g/mol. The van der Waals surface area contributed by atoms with Crippen molar-refractivity contribution in [3.8, 4) is 0 Å². The summed E-state index contributed by atoms with van der Waals surface area (Å²) in [6.45, 7) is 5.89. The zero-order valence-electron chi connectivity index (χ0n) is 16.0. The van der Waals surface area contributed by atoms with E-state index in [4.69, 9.17) is 5.11 Å². The largest absolute Gasteiger partial charge is 0.465 e. The summed E-state index contributed by atoms with van der Waals surface area (Å²) >= 11 is 1.71. The highest BCUT2D eigenvalue weighted by Gasteiger charge is 2.32. The second kappa shape index (κ2) is 7.90. The summed E-state index contributed by atoms with van der Waals surface area (Å²) in [5.74, 6) is 1.07. The first kappa shape index (κ1) is 18.9. The fourth-order valence-electron chi connectivity index (χ4n) is 4.03. The maximum Gasteiger partial charge on any atom is 0.407 e. The number of likely N-dealkylation sites (tertiary alicyclic amines) is 1. The third-order valence-electron chi connectivity index (χ3n) is 5.71. The molecule has 0 aromatic carbocycles. The third-order valence-corrected chi connectivity index (χ3v) is 6.90. The zero-order chi connectivity index (χ0) is 19.7. The Balaban J connectivity index is 1.38. The van der Waals surface area contributed by atoms with Gasteiger partial charge in [-0.15, -0.1) is 11.3 Å². The lowest BCUT2D eigenvalue weighted by Crippen LogP contribution is -2.52. The number of anilines is 1. The standard InChI is InChI=1S/C19H25N5O3S/c1-2-14-11-15-16(20-12-21-17(15)28-14)22-7-9-23(10-8-22)18(25)13-3-5-24(6-4-13)19(26)27/h11-13H,2-10H2,1H3,(H,26,27). The van der Waals surface area contributed by atoms with Crippen molar-refractivity contribution in [2.24, 2.45) is 5.92 Å². The number of piperazine rings is 1. The number of carbonyl (C=O) groups is 2. The van der Waals surface area contributed by atoms with Crippen molar-refractivity contribution in [3.63, 3.8) is 0 Å². The number of hydrogen-bond acceptors (Lipinski definition) is 6. The third kappa shape index (κ3) is 3.63. The van der Waals surface area contributed by atoms with Crippen LogP contribution < -0.4 is 4.90 Å². The van der Waals surface area contributed by atoms with Crippen LogP contribution in [0.4, 0.5) is 10.6 Å². The van der Waals surface area contributed by atoms with E-state index >= 15 is 0 Å². The second-order valence-corrected chi connectivity index (χ2v) is 8.45. The van der Waals surface area contributed by atoms with Crippen LogP contribution in [-0.2, 0) is 11.2 Å². The molecule has 4 rings (SSSR count). The van der Waals surface area contributed by atoms with E-state index in [1.165, 1.54) is 9.78 Å². The first-order chi connectivity index (χ1) is 13.6. The molecule has 1 N–H and O–H groups in total. The van der Waals surface area contributed by atoms with Crippen LogP contribution in [-0.4, -0.2) is 76.1 Å². The summed E-state index contributed by atoms with van der Waals surface area (Å²) in [5.41, 5.74) is 0. The maximum atomic E-state index is 12.8. The molecule has 2 aromatic rings. The summed E-state index contributed by atoms with van der Waals surface area (Å²) in [6.07, 6.45) is 2.96. The fourth-order valence-corrected chi connectivity index (χ4v) is 4.96. The monoisotopic (exact) mass is 403 g/mol. The van der Waals surface area contributed by atoms with Crippen molar-refractivity contribution >= 4 is 39.4 Å². The number of rotatable bonds is 3. The smallest absolute Gasteiger partial charge is 0.407 e. The van der Waals surface area contributed by atoms with Gasteiger partial charge in [0.15, 0.2) is 0 Å². The van der Waals surface area contributed by atoms with E-state index in [9.17, 15) is 9.59 Å². The Labute approximate surface area is 167 Å². The first-order valence-electron chi connectivity index (χ1n) is 9.82. The van der Waals surface area contributed by atoms with Gasteiger partial charge < -0.3 is 19.8 Å². The topological polar surface area (TPSA) is 89.9 Å². The Kier molecular flexibility index (Phi) is 5.34. The highest BCUT2D eigenvalue weighted by atomic mass is 32.1. The first-order valence-corrected chi connectivity index (χ1v) is 10.6. The molecule has 4 heterocycles. The van der Waals surface area contributed by atoms with Gasteiger partial charge in [0, 0.05) is 50.1 Å². The molecule has 2 saturated heterocycles. The zero-order valence-corrected chi connectivity index (χ0v) is 16.8. The maximum absolute atomic E-state index is 12.8. The van der Waals surface area contributed by atoms with Crippen LogP contribution in [0.5, 0.6) is 0 Å². The molecule has 2 aliphatic heterocycles. The molecule has 150 valence electrons. The van der Waals surface area contributed by atoms with E-state index in [0.717, 1.165) is 35.5 Å². The summed E-state index contributed by atoms with van der Waals surface area (Å²) in [6, 6.07) is 2.18. The molecule has 28 heavy (non-hydrogen) atoms. The van der Waals surface area contributed by atoms with Gasteiger partial charge in [-0.25, -0.2) is 14.8 Å². The Morgan fingerprint density at radius 3 is 2.46 bits per heavy atom. The Morgan fingerprint density at radius 2 is 1.82 bits per heavy atom. The highest BCUT2D eigenvalue weighted by molar-refractivity contribution is 7.18. The molecule has 0 radical (unpaired) electrons. The van der Waals surface area contributed by atoms with Crippen molar-refractivity contribution < 1.29 is 14.7 Å². The summed E-state index contributed by atoms with van der Waals surface area (Å²) in [7, 11) is 0. The lowest BCUT2D eigenvalue weighted by atomic mass is 9.95. The number of amides is 2. The van der Waals surface area contributed by atoms with Gasteiger partial charge in [0.1, 0.15) is 17.0 Å². The van der Waals surface area contributed by atoms with E-state index in [0.29, 0.717) is 39.0 Å². The normalized spacial score (nSPS) is 18.7. The van der Waals surface area contributed by atoms with E-state index < -0.39 is 6.09 Å². The lowest BCUT2D eigenvalue weighted by molar-refractivity contribution is -0.137. The molecule has 0 aliphatic carbocycles. The van der Waals surface area contributed by atoms with Gasteiger partial charge in [0.05, 0.1) is 5.39 Å². The van der Waals surface area contributed by atoms with Crippen LogP contribution in [0.1, 0.15) is 24.6 Å². The number of piperidine rings is 1. The van der Waals surface area contributed by atoms with Crippen molar-refractivity contribution in [1.29, 1.82) is 0 Å². The van der Waals surface area contributed by atoms with Crippen LogP contribution >= 0.6 is 11.3 Å². The van der Waals surface area contributed by atoms with Gasteiger partial charge in [0.25, 0.3) is 0 Å². The van der Waals surface area contributed by atoms with E-state index in [-0.39, 0.29) is 11.8 Å². The van der Waals surface area contributed by atoms with Crippen LogP contribution in [0.25, 0.3) is 10.2 Å². The number of fused-ring (bicyclic) bond motifs is 1. The molecule has 0 bridgehead atoms. The number of aryl methyl sites for hydroxylation is 1. The van der Waals surface area contributed by atoms with Gasteiger partial charge in [0.2, 0.25) is 5.91 Å². The molecule has 9 heteroatoms. The van der Waals surface area contributed by atoms with Gasteiger partial charge >= 0.3 is 6.09 Å². The molecule has 0 atom stereocenters. The molecule has 2 fully saturated rings. The van der Waals surface area contributed by atoms with E-state index in [2.05, 4.69) is 27.9 Å². The number of thiophene rings is 1. The SMILES string of the molecule is CCc1cc2c(N3CCN(C(=O)C4CCN(C(=O)O)CC4)CC3)ncnc2s1. The van der Waals surface area contributed by atoms with Crippen molar-refractivity contribution in [2.75, 3.05) is 44.2 Å². The summed E-state index contributed by atoms with van der Waals surface area (Å²) in [5, 5.41) is 10.2. The minimum absolute atomic E-state index is 0.0584. The van der Waals surface area contributed by atoms with Crippen LogP contribution in [0, 0.1) is 5.92 Å². The number of aromatic nitrogens is 2. The predicted octanol–water partition coefficient (Wildman–Crippen LogP) is 2.29. The summed E-state index contributed by atoms with van der Waals surface area (Å²) in [4.78, 5) is 40.7. The molecule has 0 saturated carbocycles. The Bertz CT molecular complexity index is 870. The highest BCUT2D eigenvalue weighted by Crippen LogP contribution is 2.31. The van der Waals surface area contributed by atoms with Crippen molar-refractivity contribution in [1.82, 2.24) is 19.8 Å². The predicted molar refractivity (Wildman–Crippen MR) is 108 cm³/mol. The molecule has 0 unspecified atom stereocenters. The van der Waals surface area contributed by atoms with Crippen LogP contribution in [0.2, 0.25) is 0 Å². The quantitative estimate of drug-likeness (QED) is 0.846. The molecule has 2 aliphatic rings.